The van der Waals surface area contributed by atoms with Crippen molar-refractivity contribution in [3.8, 4) is 0 Å². The molecule has 2 aliphatic heterocycles. The van der Waals surface area contributed by atoms with E-state index in [1.54, 1.807) is 48.5 Å². The Morgan fingerprint density at radius 2 is 1.71 bits per heavy atom. The molecule has 2 unspecified atom stereocenters. The summed E-state index contributed by atoms with van der Waals surface area (Å²) in [5.74, 6) is -3.82. The molecule has 0 saturated carbocycles. The van der Waals surface area contributed by atoms with Crippen molar-refractivity contribution < 1.29 is 37.7 Å². The lowest BCUT2D eigenvalue weighted by Crippen LogP contribution is -2.57. The lowest BCUT2D eigenvalue weighted by atomic mass is 10.0. The molecule has 10 nitrogen and oxygen atoms in total. The summed E-state index contributed by atoms with van der Waals surface area (Å²) in [6.45, 7) is -0.351. The number of amides is 2. The fraction of sp³-hybridized carbons (Fsp3) is 0.280. The molecule has 1 N–H and O–H groups in total. The van der Waals surface area contributed by atoms with E-state index in [1.807, 2.05) is 12.1 Å². The summed E-state index contributed by atoms with van der Waals surface area (Å²) < 4.78 is 22.8. The molecule has 0 spiro atoms. The van der Waals surface area contributed by atoms with Crippen LogP contribution in [0.4, 0.5) is 0 Å². The van der Waals surface area contributed by atoms with Gasteiger partial charge in [0.05, 0.1) is 17.2 Å². The Morgan fingerprint density at radius 1 is 1.11 bits per heavy atom. The number of hydrogen-bond acceptors (Lipinski definition) is 8. The first kappa shape index (κ1) is 27.8. The number of benzene rings is 2. The molecule has 13 heteroatoms. The summed E-state index contributed by atoms with van der Waals surface area (Å²) in [6.07, 6.45) is -1.24. The summed E-state index contributed by atoms with van der Waals surface area (Å²) in [7, 11) is -1.81. The number of esters is 2. The van der Waals surface area contributed by atoms with Gasteiger partial charge in [0, 0.05) is 11.8 Å². The number of nitrogens with zero attached hydrogens (tertiary/aromatic N) is 1. The highest BCUT2D eigenvalue weighted by atomic mass is 35.5. The third kappa shape index (κ3) is 6.24. The normalized spacial score (nSPS) is 21.7. The summed E-state index contributed by atoms with van der Waals surface area (Å²) >= 11 is 10.9. The number of ether oxygens (including phenoxy) is 2. The Labute approximate surface area is 230 Å². The summed E-state index contributed by atoms with van der Waals surface area (Å²) in [6, 6.07) is 16.7. The topological polar surface area (TPSA) is 128 Å². The van der Waals surface area contributed by atoms with Crippen LogP contribution in [0.2, 0.25) is 0 Å². The molecule has 0 radical (unpaired) electrons. The van der Waals surface area contributed by atoms with Crippen LogP contribution in [-0.4, -0.2) is 57.2 Å². The van der Waals surface area contributed by atoms with Crippen LogP contribution in [-0.2, 0) is 44.3 Å². The third-order valence-corrected chi connectivity index (χ3v) is 7.25. The first-order chi connectivity index (χ1) is 18.2. The average Bonchev–Trinajstić information content (AvgIpc) is 3.46. The van der Waals surface area contributed by atoms with E-state index in [1.165, 1.54) is 0 Å². The second-order valence-corrected chi connectivity index (χ2v) is 10.6. The second-order valence-electron chi connectivity index (χ2n) is 8.35. The van der Waals surface area contributed by atoms with Crippen LogP contribution < -0.4 is 5.32 Å². The molecule has 2 aromatic rings. The van der Waals surface area contributed by atoms with E-state index in [4.69, 9.17) is 37.5 Å². The average molecular weight is 581 g/mol. The fourth-order valence-corrected chi connectivity index (χ4v) is 5.25. The van der Waals surface area contributed by atoms with Gasteiger partial charge < -0.3 is 14.8 Å². The van der Waals surface area contributed by atoms with Gasteiger partial charge in [-0.1, -0.05) is 83.9 Å². The number of halogens is 2. The van der Waals surface area contributed by atoms with E-state index in [0.717, 1.165) is 5.41 Å². The van der Waals surface area contributed by atoms with E-state index in [-0.39, 0.29) is 23.9 Å². The van der Waals surface area contributed by atoms with Gasteiger partial charge in [-0.15, -0.1) is 0 Å². The molecule has 0 aliphatic carbocycles. The van der Waals surface area contributed by atoms with Crippen molar-refractivity contribution in [1.82, 2.24) is 10.4 Å². The minimum Gasteiger partial charge on any atom is -0.448 e. The highest BCUT2D eigenvalue weighted by Crippen LogP contribution is 2.37. The van der Waals surface area contributed by atoms with Crippen LogP contribution in [0.25, 0.3) is 0 Å². The summed E-state index contributed by atoms with van der Waals surface area (Å²) in [4.78, 5) is 56.7. The molecule has 3 atom stereocenters. The minimum absolute atomic E-state index is 0.162. The molecule has 38 heavy (non-hydrogen) atoms. The van der Waals surface area contributed by atoms with Gasteiger partial charge >= 0.3 is 17.7 Å². The third-order valence-electron chi connectivity index (χ3n) is 5.72. The minimum atomic E-state index is -2.19. The van der Waals surface area contributed by atoms with Crippen molar-refractivity contribution in [3.63, 3.8) is 0 Å². The number of carbonyl (C=O) groups excluding carboxylic acids is 4. The molecule has 2 aromatic carbocycles. The van der Waals surface area contributed by atoms with Gasteiger partial charge in [0.2, 0.25) is 5.91 Å². The Hall–Kier alpha value is -3.25. The molecule has 2 saturated heterocycles. The van der Waals surface area contributed by atoms with Crippen molar-refractivity contribution in [2.75, 3.05) is 12.4 Å². The van der Waals surface area contributed by atoms with Crippen LogP contribution >= 0.6 is 23.2 Å². The smallest absolute Gasteiger partial charge is 0.376 e. The van der Waals surface area contributed by atoms with Gasteiger partial charge in [-0.3, -0.25) is 23.4 Å². The van der Waals surface area contributed by atoms with Crippen molar-refractivity contribution in [2.45, 2.75) is 30.7 Å². The number of hydroxylamine groups is 2. The van der Waals surface area contributed by atoms with Crippen molar-refractivity contribution in [3.05, 3.63) is 81.7 Å². The van der Waals surface area contributed by atoms with Crippen molar-refractivity contribution in [2.24, 2.45) is 0 Å². The number of nitrogens with one attached hydrogen (secondary N) is 1. The molecular weight excluding hydrogens is 559 g/mol. The number of carbonyl (C=O) groups is 4. The van der Waals surface area contributed by atoms with E-state index < -0.39 is 58.2 Å². The second kappa shape index (κ2) is 12.1. The van der Waals surface area contributed by atoms with E-state index in [9.17, 15) is 23.4 Å². The molecule has 2 amide bonds. The molecule has 2 aliphatic rings. The van der Waals surface area contributed by atoms with E-state index in [2.05, 4.69) is 5.32 Å². The monoisotopic (exact) mass is 580 g/mol. The van der Waals surface area contributed by atoms with Crippen molar-refractivity contribution >= 4 is 57.8 Å². The Kier molecular flexibility index (Phi) is 8.83. The highest BCUT2D eigenvalue weighted by molar-refractivity contribution is 7.88. The fourth-order valence-electron chi connectivity index (χ4n) is 4.03. The van der Waals surface area contributed by atoms with Gasteiger partial charge in [-0.2, -0.15) is 5.06 Å². The number of rotatable bonds is 9. The number of cyclic esters (lactones) is 1. The maximum Gasteiger partial charge on any atom is 0.376 e. The molecule has 0 aromatic heterocycles. The standard InChI is InChI=1S/C25H22Cl2N2O8S/c26-19(27)14-38(34)15-20(30)28-18-13-35-29(23(18)32)25(12-11-21(31)37-25)24(33)36-22(16-7-3-1-4-8-16)17-9-5-2-6-10-17/h1-10,14,18,22H,11-13,15H2,(H,28,30)/t18-,25?,38?/m0/s1. The lowest BCUT2D eigenvalue weighted by molar-refractivity contribution is -0.260. The molecule has 0 bridgehead atoms. The predicted octanol–water partition coefficient (Wildman–Crippen LogP) is 2.64. The van der Waals surface area contributed by atoms with Gasteiger partial charge in [0.15, 0.2) is 6.10 Å². The van der Waals surface area contributed by atoms with E-state index >= 15 is 0 Å². The van der Waals surface area contributed by atoms with Crippen molar-refractivity contribution in [1.29, 1.82) is 0 Å². The Morgan fingerprint density at radius 3 is 2.24 bits per heavy atom. The SMILES string of the molecule is O=C(CS(=O)C=C(Cl)Cl)N[C@H]1CON(C2(C(=O)OC(c3ccccc3)c3ccccc3)CCC(=O)O2)C1=O. The van der Waals surface area contributed by atoms with E-state index in [0.29, 0.717) is 16.2 Å². The van der Waals surface area contributed by atoms with Crippen LogP contribution in [0.3, 0.4) is 0 Å². The molecule has 4 rings (SSSR count). The Bertz CT molecular complexity index is 1230. The predicted molar refractivity (Wildman–Crippen MR) is 136 cm³/mol. The maximum absolute atomic E-state index is 13.6. The number of hydrogen-bond donors (Lipinski definition) is 1. The largest absolute Gasteiger partial charge is 0.448 e. The molecule has 2 heterocycles. The zero-order valence-electron chi connectivity index (χ0n) is 19.7. The van der Waals surface area contributed by atoms with Crippen LogP contribution in [0.1, 0.15) is 30.1 Å². The molecule has 200 valence electrons. The first-order valence-electron chi connectivity index (χ1n) is 11.4. The molecular formula is C25H22Cl2N2O8S. The van der Waals surface area contributed by atoms with Gasteiger partial charge in [-0.25, -0.2) is 4.79 Å². The van der Waals surface area contributed by atoms with Crippen LogP contribution in [0, 0.1) is 0 Å². The van der Waals surface area contributed by atoms with Crippen LogP contribution in [0.15, 0.2) is 70.6 Å². The highest BCUT2D eigenvalue weighted by Gasteiger charge is 2.60. The van der Waals surface area contributed by atoms with Gasteiger partial charge in [-0.05, 0) is 11.1 Å². The summed E-state index contributed by atoms with van der Waals surface area (Å²) in [5, 5.41) is 4.01. The zero-order chi connectivity index (χ0) is 27.3. The Balaban J connectivity index is 1.55. The lowest BCUT2D eigenvalue weighted by Gasteiger charge is -2.34. The quantitative estimate of drug-likeness (QED) is 0.448. The zero-order valence-corrected chi connectivity index (χ0v) is 22.0. The van der Waals surface area contributed by atoms with Gasteiger partial charge in [0.1, 0.15) is 22.9 Å². The maximum atomic E-state index is 13.6. The van der Waals surface area contributed by atoms with Gasteiger partial charge in [0.25, 0.3) is 5.91 Å². The molecule has 2 fully saturated rings. The van der Waals surface area contributed by atoms with Crippen LogP contribution in [0.5, 0.6) is 0 Å². The first-order valence-corrected chi connectivity index (χ1v) is 13.5. The summed E-state index contributed by atoms with van der Waals surface area (Å²) in [5.41, 5.74) is -0.874.